The van der Waals surface area contributed by atoms with E-state index in [2.05, 4.69) is 12.2 Å². The Morgan fingerprint density at radius 1 is 1.45 bits per heavy atom. The summed E-state index contributed by atoms with van der Waals surface area (Å²) in [5, 5.41) is 14.6. The Bertz CT molecular complexity index is 99.7. The summed E-state index contributed by atoms with van der Waals surface area (Å²) in [6, 6.07) is 0.286. The molecule has 0 aromatic carbocycles. The minimum atomic E-state index is -0.926. The summed E-state index contributed by atoms with van der Waals surface area (Å²) < 4.78 is 0. The SMILES string of the molecule is CCCCC(C)([O])NC(C)C. The van der Waals surface area contributed by atoms with Crippen molar-refractivity contribution < 1.29 is 5.11 Å². The summed E-state index contributed by atoms with van der Waals surface area (Å²) in [4.78, 5) is 0. The summed E-state index contributed by atoms with van der Waals surface area (Å²) >= 11 is 0. The van der Waals surface area contributed by atoms with Crippen LogP contribution in [0.1, 0.15) is 47.0 Å². The van der Waals surface area contributed by atoms with Gasteiger partial charge in [0, 0.05) is 6.04 Å². The van der Waals surface area contributed by atoms with E-state index in [1.165, 1.54) is 0 Å². The number of hydrogen-bond donors (Lipinski definition) is 1. The standard InChI is InChI=1S/C9H20NO/c1-5-6-7-9(4,11)10-8(2)3/h8,10H,5-7H2,1-4H3. The van der Waals surface area contributed by atoms with Gasteiger partial charge in [-0.3, -0.25) is 5.32 Å². The minimum absolute atomic E-state index is 0.286. The number of hydrogen-bond acceptors (Lipinski definition) is 1. The quantitative estimate of drug-likeness (QED) is 0.612. The van der Waals surface area contributed by atoms with Gasteiger partial charge in [0.2, 0.25) is 0 Å². The van der Waals surface area contributed by atoms with Gasteiger partial charge < -0.3 is 0 Å². The second kappa shape index (κ2) is 4.73. The molecule has 0 rings (SSSR count). The third-order valence-electron chi connectivity index (χ3n) is 1.60. The Labute approximate surface area is 70.0 Å². The Balaban J connectivity index is 3.61. The average molecular weight is 158 g/mol. The monoisotopic (exact) mass is 158 g/mol. The van der Waals surface area contributed by atoms with Crippen molar-refractivity contribution in [3.63, 3.8) is 0 Å². The summed E-state index contributed by atoms with van der Waals surface area (Å²) in [7, 11) is 0. The smallest absolute Gasteiger partial charge is 0.151 e. The molecule has 0 aliphatic rings. The number of unbranched alkanes of at least 4 members (excludes halogenated alkanes) is 1. The topological polar surface area (TPSA) is 31.9 Å². The lowest BCUT2D eigenvalue weighted by Gasteiger charge is -2.24. The van der Waals surface area contributed by atoms with E-state index >= 15 is 0 Å². The van der Waals surface area contributed by atoms with Crippen molar-refractivity contribution in [3.05, 3.63) is 0 Å². The molecule has 0 aromatic rings. The van der Waals surface area contributed by atoms with Crippen LogP contribution in [0, 0.1) is 0 Å². The molecule has 0 aromatic heterocycles. The zero-order chi connectivity index (χ0) is 8.91. The molecule has 2 heteroatoms. The largest absolute Gasteiger partial charge is 0.285 e. The molecule has 1 atom stereocenters. The van der Waals surface area contributed by atoms with Gasteiger partial charge in [-0.05, 0) is 33.6 Å². The van der Waals surface area contributed by atoms with Gasteiger partial charge >= 0.3 is 0 Å². The maximum Gasteiger partial charge on any atom is 0.151 e. The van der Waals surface area contributed by atoms with E-state index in [1.807, 2.05) is 13.8 Å². The van der Waals surface area contributed by atoms with E-state index in [9.17, 15) is 5.11 Å². The molecule has 0 saturated heterocycles. The second-order valence-corrected chi connectivity index (χ2v) is 3.63. The van der Waals surface area contributed by atoms with Gasteiger partial charge in [-0.15, -0.1) is 0 Å². The van der Waals surface area contributed by atoms with E-state index in [-0.39, 0.29) is 6.04 Å². The van der Waals surface area contributed by atoms with Crippen molar-refractivity contribution >= 4 is 0 Å². The van der Waals surface area contributed by atoms with Crippen LogP contribution in [0.5, 0.6) is 0 Å². The van der Waals surface area contributed by atoms with Gasteiger partial charge in [0.1, 0.15) is 0 Å². The van der Waals surface area contributed by atoms with E-state index in [0.717, 1.165) is 19.3 Å². The number of nitrogens with one attached hydrogen (secondary N) is 1. The molecule has 0 saturated carbocycles. The molecule has 2 nitrogen and oxygen atoms in total. The first-order valence-corrected chi connectivity index (χ1v) is 4.46. The van der Waals surface area contributed by atoms with Crippen LogP contribution in [0.3, 0.4) is 0 Å². The molecule has 0 amide bonds. The van der Waals surface area contributed by atoms with Crippen molar-refractivity contribution in [2.24, 2.45) is 0 Å². The maximum atomic E-state index is 11.6. The third-order valence-corrected chi connectivity index (χ3v) is 1.60. The fourth-order valence-corrected chi connectivity index (χ4v) is 1.20. The van der Waals surface area contributed by atoms with Crippen molar-refractivity contribution in [1.29, 1.82) is 0 Å². The van der Waals surface area contributed by atoms with E-state index in [0.29, 0.717) is 0 Å². The fraction of sp³-hybridized carbons (Fsp3) is 1.00. The summed E-state index contributed by atoms with van der Waals surface area (Å²) in [5.41, 5.74) is -0.926. The molecule has 0 fully saturated rings. The normalized spacial score (nSPS) is 16.9. The van der Waals surface area contributed by atoms with Crippen LogP contribution in [-0.4, -0.2) is 11.8 Å². The van der Waals surface area contributed by atoms with E-state index < -0.39 is 5.72 Å². The highest BCUT2D eigenvalue weighted by Gasteiger charge is 2.21. The van der Waals surface area contributed by atoms with Crippen LogP contribution >= 0.6 is 0 Å². The predicted octanol–water partition coefficient (Wildman–Crippen LogP) is 2.32. The minimum Gasteiger partial charge on any atom is -0.285 e. The lowest BCUT2D eigenvalue weighted by Crippen LogP contribution is -2.44. The van der Waals surface area contributed by atoms with Crippen molar-refractivity contribution in [1.82, 2.24) is 5.32 Å². The summed E-state index contributed by atoms with van der Waals surface area (Å²) in [6.07, 6.45) is 2.83. The molecular weight excluding hydrogens is 138 g/mol. The second-order valence-electron chi connectivity index (χ2n) is 3.63. The fourth-order valence-electron chi connectivity index (χ4n) is 1.20. The average Bonchev–Trinajstić information content (AvgIpc) is 1.81. The van der Waals surface area contributed by atoms with Crippen LogP contribution < -0.4 is 5.32 Å². The molecule has 0 aliphatic heterocycles. The molecule has 67 valence electrons. The van der Waals surface area contributed by atoms with Gasteiger partial charge in [0.15, 0.2) is 5.72 Å². The van der Waals surface area contributed by atoms with Crippen LogP contribution in [0.15, 0.2) is 0 Å². The lowest BCUT2D eigenvalue weighted by molar-refractivity contribution is -0.0570. The first-order valence-electron chi connectivity index (χ1n) is 4.46. The van der Waals surface area contributed by atoms with Gasteiger partial charge in [-0.25, -0.2) is 5.11 Å². The Morgan fingerprint density at radius 3 is 2.36 bits per heavy atom. The Morgan fingerprint density at radius 2 is 2.00 bits per heavy atom. The van der Waals surface area contributed by atoms with Crippen LogP contribution in [0.4, 0.5) is 0 Å². The molecule has 1 radical (unpaired) electrons. The zero-order valence-electron chi connectivity index (χ0n) is 8.11. The molecule has 0 aliphatic carbocycles. The molecule has 0 bridgehead atoms. The van der Waals surface area contributed by atoms with Crippen molar-refractivity contribution in [2.45, 2.75) is 58.7 Å². The molecule has 1 unspecified atom stereocenters. The molecular formula is C9H20NO. The van der Waals surface area contributed by atoms with Gasteiger partial charge in [-0.2, -0.15) is 0 Å². The van der Waals surface area contributed by atoms with Gasteiger partial charge in [0.05, 0.1) is 0 Å². The third kappa shape index (κ3) is 6.32. The molecule has 0 heterocycles. The highest BCUT2D eigenvalue weighted by molar-refractivity contribution is 4.71. The zero-order valence-corrected chi connectivity index (χ0v) is 8.11. The van der Waals surface area contributed by atoms with Crippen molar-refractivity contribution in [2.75, 3.05) is 0 Å². The highest BCUT2D eigenvalue weighted by Crippen LogP contribution is 2.11. The maximum absolute atomic E-state index is 11.6. The first-order chi connectivity index (χ1) is 4.98. The predicted molar refractivity (Wildman–Crippen MR) is 46.9 cm³/mol. The molecule has 0 spiro atoms. The number of rotatable bonds is 5. The van der Waals surface area contributed by atoms with Crippen LogP contribution in [0.25, 0.3) is 0 Å². The Kier molecular flexibility index (Phi) is 4.69. The Hall–Kier alpha value is -0.0800. The highest BCUT2D eigenvalue weighted by atomic mass is 16.3. The lowest BCUT2D eigenvalue weighted by atomic mass is 10.1. The molecule has 1 N–H and O–H groups in total. The van der Waals surface area contributed by atoms with Gasteiger partial charge in [-0.1, -0.05) is 13.3 Å². The van der Waals surface area contributed by atoms with Gasteiger partial charge in [0.25, 0.3) is 0 Å². The van der Waals surface area contributed by atoms with Crippen molar-refractivity contribution in [3.8, 4) is 0 Å². The molecule has 11 heavy (non-hydrogen) atoms. The van der Waals surface area contributed by atoms with Crippen LogP contribution in [-0.2, 0) is 5.11 Å². The van der Waals surface area contributed by atoms with Crippen LogP contribution in [0.2, 0.25) is 0 Å². The van der Waals surface area contributed by atoms with E-state index in [1.54, 1.807) is 6.92 Å². The van der Waals surface area contributed by atoms with E-state index in [4.69, 9.17) is 0 Å². The summed E-state index contributed by atoms with van der Waals surface area (Å²) in [5.74, 6) is 0. The first kappa shape index (κ1) is 10.9. The summed E-state index contributed by atoms with van der Waals surface area (Å²) in [6.45, 7) is 7.83.